The van der Waals surface area contributed by atoms with E-state index in [2.05, 4.69) is 27.9 Å². The Kier molecular flexibility index (Phi) is 3.73. The van der Waals surface area contributed by atoms with E-state index in [0.717, 1.165) is 11.1 Å². The average Bonchev–Trinajstić information content (AvgIpc) is 2.96. The fourth-order valence-electron chi connectivity index (χ4n) is 3.29. The summed E-state index contributed by atoms with van der Waals surface area (Å²) in [5, 5.41) is 1.85. The van der Waals surface area contributed by atoms with Crippen molar-refractivity contribution in [2.45, 2.75) is 13.5 Å². The number of hydrogen-bond acceptors (Lipinski definition) is 2. The Balaban J connectivity index is 1.87. The molecule has 0 aliphatic carbocycles. The average molecular weight is 329 g/mol. The van der Waals surface area contributed by atoms with Crippen LogP contribution in [0.5, 0.6) is 0 Å². The van der Waals surface area contributed by atoms with Gasteiger partial charge >= 0.3 is 0 Å². The van der Waals surface area contributed by atoms with Crippen LogP contribution in [0.15, 0.2) is 59.5 Å². The molecule has 4 aromatic rings. The zero-order valence-electron chi connectivity index (χ0n) is 14.3. The molecule has 0 saturated carbocycles. The van der Waals surface area contributed by atoms with Gasteiger partial charge in [-0.05, 0) is 37.3 Å². The molecule has 0 amide bonds. The molecule has 124 valence electrons. The lowest BCUT2D eigenvalue weighted by atomic mass is 10.1. The van der Waals surface area contributed by atoms with Crippen LogP contribution in [0.4, 0.5) is 0 Å². The summed E-state index contributed by atoms with van der Waals surface area (Å²) in [5.41, 5.74) is 3.03. The highest BCUT2D eigenvalue weighted by atomic mass is 16.1. The van der Waals surface area contributed by atoms with Gasteiger partial charge in [-0.3, -0.25) is 9.36 Å². The van der Waals surface area contributed by atoms with Gasteiger partial charge in [0.2, 0.25) is 0 Å². The van der Waals surface area contributed by atoms with Crippen LogP contribution in [-0.2, 0) is 13.6 Å². The standard InChI is InChI=1S/C21H19N3O/c1-3-24-20(22-18-10-6-4-9-17(18)21(24)25)13-12-15-14-23(2)19-11-7-5-8-16(15)19/h4-14H,3H2,1-2H3. The first-order chi connectivity index (χ1) is 12.2. The van der Waals surface area contributed by atoms with E-state index in [9.17, 15) is 4.79 Å². The molecule has 0 saturated heterocycles. The van der Waals surface area contributed by atoms with Crippen molar-refractivity contribution in [3.63, 3.8) is 0 Å². The summed E-state index contributed by atoms with van der Waals surface area (Å²) in [7, 11) is 2.04. The number of nitrogens with zero attached hydrogens (tertiary/aromatic N) is 3. The highest BCUT2D eigenvalue weighted by molar-refractivity contribution is 5.92. The van der Waals surface area contributed by atoms with Gasteiger partial charge in [-0.1, -0.05) is 30.3 Å². The lowest BCUT2D eigenvalue weighted by molar-refractivity contribution is 0.708. The van der Waals surface area contributed by atoms with Crippen molar-refractivity contribution in [3.05, 3.63) is 76.5 Å². The molecule has 4 rings (SSSR count). The number of benzene rings is 2. The second-order valence-corrected chi connectivity index (χ2v) is 6.08. The molecule has 4 heteroatoms. The van der Waals surface area contributed by atoms with Gasteiger partial charge in [0.1, 0.15) is 5.82 Å². The molecule has 0 atom stereocenters. The monoisotopic (exact) mass is 329 g/mol. The first kappa shape index (κ1) is 15.4. The van der Waals surface area contributed by atoms with Crippen molar-refractivity contribution in [2.24, 2.45) is 7.05 Å². The van der Waals surface area contributed by atoms with Crippen LogP contribution in [0.3, 0.4) is 0 Å². The topological polar surface area (TPSA) is 39.8 Å². The molecule has 0 spiro atoms. The molecule has 0 bridgehead atoms. The summed E-state index contributed by atoms with van der Waals surface area (Å²) < 4.78 is 3.82. The smallest absolute Gasteiger partial charge is 0.261 e. The minimum absolute atomic E-state index is 0.00525. The Hall–Kier alpha value is -3.14. The third-order valence-corrected chi connectivity index (χ3v) is 4.55. The van der Waals surface area contributed by atoms with E-state index in [-0.39, 0.29) is 5.56 Å². The molecule has 0 aliphatic rings. The quantitative estimate of drug-likeness (QED) is 0.568. The third-order valence-electron chi connectivity index (χ3n) is 4.55. The lowest BCUT2D eigenvalue weighted by Gasteiger charge is -2.08. The van der Waals surface area contributed by atoms with E-state index < -0.39 is 0 Å². The summed E-state index contributed by atoms with van der Waals surface area (Å²) in [5.74, 6) is 0.680. The maximum absolute atomic E-state index is 12.7. The first-order valence-electron chi connectivity index (χ1n) is 8.40. The molecule has 2 heterocycles. The number of para-hydroxylation sites is 2. The van der Waals surface area contributed by atoms with Crippen molar-refractivity contribution in [1.29, 1.82) is 0 Å². The van der Waals surface area contributed by atoms with Gasteiger partial charge in [0.25, 0.3) is 5.56 Å². The summed E-state index contributed by atoms with van der Waals surface area (Å²) in [6.07, 6.45) is 6.06. The highest BCUT2D eigenvalue weighted by Gasteiger charge is 2.08. The number of aromatic nitrogens is 3. The van der Waals surface area contributed by atoms with Crippen molar-refractivity contribution >= 4 is 34.0 Å². The van der Waals surface area contributed by atoms with Gasteiger partial charge in [0.15, 0.2) is 0 Å². The highest BCUT2D eigenvalue weighted by Crippen LogP contribution is 2.22. The molecule has 4 nitrogen and oxygen atoms in total. The fourth-order valence-corrected chi connectivity index (χ4v) is 3.29. The van der Waals surface area contributed by atoms with Crippen LogP contribution in [0.1, 0.15) is 18.3 Å². The lowest BCUT2D eigenvalue weighted by Crippen LogP contribution is -2.22. The maximum Gasteiger partial charge on any atom is 0.261 e. The molecule has 25 heavy (non-hydrogen) atoms. The number of rotatable bonds is 3. The molecule has 0 unspecified atom stereocenters. The predicted octanol–water partition coefficient (Wildman–Crippen LogP) is 4.08. The minimum Gasteiger partial charge on any atom is -0.350 e. The minimum atomic E-state index is 0.00525. The third kappa shape index (κ3) is 2.56. The molecule has 2 aromatic heterocycles. The molecule has 0 aliphatic heterocycles. The second-order valence-electron chi connectivity index (χ2n) is 6.08. The van der Waals surface area contributed by atoms with E-state index in [0.29, 0.717) is 17.8 Å². The largest absolute Gasteiger partial charge is 0.350 e. The van der Waals surface area contributed by atoms with E-state index in [1.807, 2.05) is 62.5 Å². The van der Waals surface area contributed by atoms with Gasteiger partial charge < -0.3 is 4.57 Å². The number of hydrogen-bond donors (Lipinski definition) is 0. The number of fused-ring (bicyclic) bond motifs is 2. The van der Waals surface area contributed by atoms with Crippen molar-refractivity contribution in [3.8, 4) is 0 Å². The second kappa shape index (κ2) is 6.06. The van der Waals surface area contributed by atoms with Crippen LogP contribution in [0.2, 0.25) is 0 Å². The summed E-state index contributed by atoms with van der Waals surface area (Å²) in [6.45, 7) is 2.55. The van der Waals surface area contributed by atoms with Crippen molar-refractivity contribution in [1.82, 2.24) is 14.1 Å². The summed E-state index contributed by atoms with van der Waals surface area (Å²) in [4.78, 5) is 17.4. The zero-order chi connectivity index (χ0) is 17.4. The van der Waals surface area contributed by atoms with Crippen LogP contribution in [0.25, 0.3) is 34.0 Å². The summed E-state index contributed by atoms with van der Waals surface area (Å²) in [6, 6.07) is 15.8. The van der Waals surface area contributed by atoms with E-state index in [4.69, 9.17) is 0 Å². The number of aryl methyl sites for hydroxylation is 1. The Labute approximate surface area is 145 Å². The molecule has 0 radical (unpaired) electrons. The molecule has 0 N–H and O–H groups in total. The zero-order valence-corrected chi connectivity index (χ0v) is 14.3. The van der Waals surface area contributed by atoms with Crippen LogP contribution < -0.4 is 5.56 Å². The van der Waals surface area contributed by atoms with Crippen molar-refractivity contribution < 1.29 is 0 Å². The molecule has 0 fully saturated rings. The Bertz CT molecular complexity index is 1160. The Morgan fingerprint density at radius 2 is 1.72 bits per heavy atom. The summed E-state index contributed by atoms with van der Waals surface area (Å²) >= 11 is 0. The van der Waals surface area contributed by atoms with Gasteiger partial charge in [0.05, 0.1) is 10.9 Å². The normalized spacial score (nSPS) is 11.8. The van der Waals surface area contributed by atoms with Crippen LogP contribution >= 0.6 is 0 Å². The van der Waals surface area contributed by atoms with Gasteiger partial charge in [-0.25, -0.2) is 4.98 Å². The molecular weight excluding hydrogens is 310 g/mol. The molecular formula is C21H19N3O. The maximum atomic E-state index is 12.7. The fraction of sp³-hybridized carbons (Fsp3) is 0.143. The molecule has 2 aromatic carbocycles. The van der Waals surface area contributed by atoms with Crippen molar-refractivity contribution in [2.75, 3.05) is 0 Å². The van der Waals surface area contributed by atoms with E-state index >= 15 is 0 Å². The van der Waals surface area contributed by atoms with E-state index in [1.54, 1.807) is 4.57 Å². The van der Waals surface area contributed by atoms with Gasteiger partial charge in [-0.2, -0.15) is 0 Å². The van der Waals surface area contributed by atoms with Gasteiger partial charge in [-0.15, -0.1) is 0 Å². The van der Waals surface area contributed by atoms with Crippen LogP contribution in [-0.4, -0.2) is 14.1 Å². The SMILES string of the molecule is CCn1c(C=Cc2cn(C)c3ccccc23)nc2ccccc2c1=O. The first-order valence-corrected chi connectivity index (χ1v) is 8.40. The Morgan fingerprint density at radius 3 is 2.52 bits per heavy atom. The van der Waals surface area contributed by atoms with E-state index in [1.165, 1.54) is 10.9 Å². The predicted molar refractivity (Wildman–Crippen MR) is 104 cm³/mol. The Morgan fingerprint density at radius 1 is 1.00 bits per heavy atom. The van der Waals surface area contributed by atoms with Gasteiger partial charge in [0, 0.05) is 36.3 Å². The van der Waals surface area contributed by atoms with Crippen LogP contribution in [0, 0.1) is 0 Å².